The van der Waals surface area contributed by atoms with Crippen LogP contribution in [0.3, 0.4) is 0 Å². The van der Waals surface area contributed by atoms with Gasteiger partial charge in [0, 0.05) is 31.1 Å². The highest BCUT2D eigenvalue weighted by molar-refractivity contribution is 5.95. The summed E-state index contributed by atoms with van der Waals surface area (Å²) >= 11 is 0. The van der Waals surface area contributed by atoms with Crippen LogP contribution in [0.2, 0.25) is 0 Å². The zero-order valence-electron chi connectivity index (χ0n) is 19.6. The monoisotopic (exact) mass is 465 g/mol. The lowest BCUT2D eigenvalue weighted by atomic mass is 9.83. The van der Waals surface area contributed by atoms with E-state index in [0.29, 0.717) is 36.7 Å². The molecule has 1 aromatic heterocycles. The highest BCUT2D eigenvalue weighted by Gasteiger charge is 2.40. The van der Waals surface area contributed by atoms with E-state index >= 15 is 0 Å². The minimum Gasteiger partial charge on any atom is -0.441 e. The molecule has 2 atom stereocenters. The van der Waals surface area contributed by atoms with Crippen molar-refractivity contribution < 1.29 is 14.0 Å². The van der Waals surface area contributed by atoms with E-state index in [1.54, 1.807) is 13.1 Å². The Labute approximate surface area is 204 Å². The average Bonchev–Trinajstić information content (AvgIpc) is 3.33. The summed E-state index contributed by atoms with van der Waals surface area (Å²) in [4.78, 5) is 32.6. The first kappa shape index (κ1) is 22.6. The van der Waals surface area contributed by atoms with E-state index < -0.39 is 0 Å². The van der Waals surface area contributed by atoms with Gasteiger partial charge in [-0.3, -0.25) is 9.59 Å². The van der Waals surface area contributed by atoms with Crippen molar-refractivity contribution in [1.29, 1.82) is 0 Å². The lowest BCUT2D eigenvalue weighted by Gasteiger charge is -2.41. The van der Waals surface area contributed by atoms with Gasteiger partial charge in [-0.25, -0.2) is 4.98 Å². The van der Waals surface area contributed by atoms with Crippen LogP contribution < -0.4 is 5.32 Å². The Kier molecular flexibility index (Phi) is 6.44. The Morgan fingerprint density at radius 3 is 2.34 bits per heavy atom. The number of hydrogen-bond donors (Lipinski definition) is 1. The first-order chi connectivity index (χ1) is 17.1. The van der Waals surface area contributed by atoms with Gasteiger partial charge >= 0.3 is 0 Å². The van der Waals surface area contributed by atoms with Gasteiger partial charge in [-0.1, -0.05) is 60.7 Å². The van der Waals surface area contributed by atoms with Crippen molar-refractivity contribution in [2.75, 3.05) is 5.32 Å². The second kappa shape index (κ2) is 9.97. The first-order valence-corrected chi connectivity index (χ1v) is 11.8. The Balaban J connectivity index is 1.39. The Bertz CT molecular complexity index is 1300. The van der Waals surface area contributed by atoms with Crippen molar-refractivity contribution >= 4 is 17.5 Å². The average molecular weight is 466 g/mol. The van der Waals surface area contributed by atoms with Crippen LogP contribution >= 0.6 is 0 Å². The molecular formula is C29H27N3O3. The van der Waals surface area contributed by atoms with Crippen LogP contribution in [0.5, 0.6) is 0 Å². The number of likely N-dealkylation sites (tertiary alicyclic amines) is 1. The summed E-state index contributed by atoms with van der Waals surface area (Å²) in [5.74, 6) is 0.907. The molecule has 1 N–H and O–H groups in total. The molecule has 0 bridgehead atoms. The van der Waals surface area contributed by atoms with Crippen molar-refractivity contribution in [1.82, 2.24) is 9.88 Å². The van der Waals surface area contributed by atoms with E-state index in [-0.39, 0.29) is 23.8 Å². The SMILES string of the molecule is Cc1ncc(-c2ccc(NC(=O)C3CCC(=O)N(Cc4ccccc4)C3c3ccccc3)cc2)o1. The van der Waals surface area contributed by atoms with Crippen LogP contribution in [-0.4, -0.2) is 21.7 Å². The van der Waals surface area contributed by atoms with E-state index in [4.69, 9.17) is 4.42 Å². The van der Waals surface area contributed by atoms with Gasteiger partial charge in [-0.05, 0) is 41.8 Å². The second-order valence-corrected chi connectivity index (χ2v) is 8.82. The van der Waals surface area contributed by atoms with Crippen molar-refractivity contribution in [2.24, 2.45) is 5.92 Å². The van der Waals surface area contributed by atoms with E-state index in [2.05, 4.69) is 10.3 Å². The molecule has 2 amide bonds. The number of hydrogen-bond acceptors (Lipinski definition) is 4. The molecule has 1 fully saturated rings. The fourth-order valence-corrected chi connectivity index (χ4v) is 4.70. The van der Waals surface area contributed by atoms with Crippen LogP contribution in [0.1, 0.15) is 35.9 Å². The predicted octanol–water partition coefficient (Wildman–Crippen LogP) is 5.77. The number of carbonyl (C=O) groups is 2. The third-order valence-electron chi connectivity index (χ3n) is 6.44. The van der Waals surface area contributed by atoms with Gasteiger partial charge in [-0.15, -0.1) is 0 Å². The highest BCUT2D eigenvalue weighted by atomic mass is 16.4. The number of nitrogens with zero attached hydrogens (tertiary/aromatic N) is 2. The van der Waals surface area contributed by atoms with E-state index in [9.17, 15) is 9.59 Å². The van der Waals surface area contributed by atoms with Gasteiger partial charge in [-0.2, -0.15) is 0 Å². The van der Waals surface area contributed by atoms with Gasteiger partial charge in [0.1, 0.15) is 0 Å². The summed E-state index contributed by atoms with van der Waals surface area (Å²) < 4.78 is 5.58. The molecule has 5 rings (SSSR count). The smallest absolute Gasteiger partial charge is 0.229 e. The van der Waals surface area contributed by atoms with Crippen LogP contribution in [0.4, 0.5) is 5.69 Å². The lowest BCUT2D eigenvalue weighted by molar-refractivity contribution is -0.142. The molecule has 2 unspecified atom stereocenters. The molecule has 2 heterocycles. The summed E-state index contributed by atoms with van der Waals surface area (Å²) in [6, 6.07) is 26.9. The zero-order valence-corrected chi connectivity index (χ0v) is 19.6. The minimum absolute atomic E-state index is 0.0680. The molecule has 0 saturated carbocycles. The molecule has 1 aliphatic rings. The van der Waals surface area contributed by atoms with Crippen molar-refractivity contribution in [3.8, 4) is 11.3 Å². The molecule has 35 heavy (non-hydrogen) atoms. The largest absolute Gasteiger partial charge is 0.441 e. The Morgan fingerprint density at radius 2 is 1.69 bits per heavy atom. The van der Waals surface area contributed by atoms with E-state index in [0.717, 1.165) is 16.7 Å². The minimum atomic E-state index is -0.365. The molecule has 3 aromatic carbocycles. The van der Waals surface area contributed by atoms with E-state index in [1.807, 2.05) is 89.8 Å². The summed E-state index contributed by atoms with van der Waals surface area (Å²) in [5.41, 5.74) is 3.60. The number of aromatic nitrogens is 1. The molecule has 1 saturated heterocycles. The van der Waals surface area contributed by atoms with Gasteiger partial charge < -0.3 is 14.6 Å². The summed E-state index contributed by atoms with van der Waals surface area (Å²) in [5, 5.41) is 3.07. The maximum absolute atomic E-state index is 13.5. The van der Waals surface area contributed by atoms with Gasteiger partial charge in [0.05, 0.1) is 18.2 Å². The van der Waals surface area contributed by atoms with Gasteiger partial charge in [0.2, 0.25) is 11.8 Å². The molecule has 176 valence electrons. The quantitative estimate of drug-likeness (QED) is 0.392. The molecule has 0 aliphatic carbocycles. The third-order valence-corrected chi connectivity index (χ3v) is 6.44. The molecule has 4 aromatic rings. The normalized spacial score (nSPS) is 17.9. The first-order valence-electron chi connectivity index (χ1n) is 11.8. The summed E-state index contributed by atoms with van der Waals surface area (Å²) in [6.07, 6.45) is 2.54. The number of nitrogens with one attached hydrogen (secondary N) is 1. The molecule has 6 heteroatoms. The fraction of sp³-hybridized carbons (Fsp3) is 0.207. The number of oxazole rings is 1. The van der Waals surface area contributed by atoms with Crippen molar-refractivity contribution in [2.45, 2.75) is 32.4 Å². The van der Waals surface area contributed by atoms with Crippen molar-refractivity contribution in [3.63, 3.8) is 0 Å². The summed E-state index contributed by atoms with van der Waals surface area (Å²) in [6.45, 7) is 2.27. The zero-order chi connectivity index (χ0) is 24.2. The molecule has 0 radical (unpaired) electrons. The number of piperidine rings is 1. The van der Waals surface area contributed by atoms with Gasteiger partial charge in [0.25, 0.3) is 0 Å². The van der Waals surface area contributed by atoms with Gasteiger partial charge in [0.15, 0.2) is 11.7 Å². The lowest BCUT2D eigenvalue weighted by Crippen LogP contribution is -2.46. The fourth-order valence-electron chi connectivity index (χ4n) is 4.70. The molecule has 0 spiro atoms. The second-order valence-electron chi connectivity index (χ2n) is 8.82. The van der Waals surface area contributed by atoms with Crippen LogP contribution in [0.25, 0.3) is 11.3 Å². The molecule has 1 aliphatic heterocycles. The topological polar surface area (TPSA) is 75.4 Å². The Hall–Kier alpha value is -4.19. The number of rotatable bonds is 6. The summed E-state index contributed by atoms with van der Waals surface area (Å²) in [7, 11) is 0. The number of aryl methyl sites for hydroxylation is 1. The third kappa shape index (κ3) is 5.01. The molecular weight excluding hydrogens is 438 g/mol. The Morgan fingerprint density at radius 1 is 1.00 bits per heavy atom. The molecule has 6 nitrogen and oxygen atoms in total. The number of amides is 2. The number of benzene rings is 3. The number of anilines is 1. The van der Waals surface area contributed by atoms with E-state index in [1.165, 1.54) is 0 Å². The number of carbonyl (C=O) groups excluding carboxylic acids is 2. The van der Waals surface area contributed by atoms with Crippen LogP contribution in [0, 0.1) is 12.8 Å². The standard InChI is InChI=1S/C29H27N3O3/c1-20-30-18-26(35-20)22-12-14-24(15-13-22)31-29(34)25-16-17-27(33)32(19-21-8-4-2-5-9-21)28(25)23-10-6-3-7-11-23/h2-15,18,25,28H,16-17,19H2,1H3,(H,31,34). The highest BCUT2D eigenvalue weighted by Crippen LogP contribution is 2.38. The predicted molar refractivity (Wildman–Crippen MR) is 134 cm³/mol. The van der Waals surface area contributed by atoms with Crippen LogP contribution in [0.15, 0.2) is 95.5 Å². The maximum atomic E-state index is 13.5. The maximum Gasteiger partial charge on any atom is 0.229 e. The van der Waals surface area contributed by atoms with Crippen LogP contribution in [-0.2, 0) is 16.1 Å². The van der Waals surface area contributed by atoms with Crippen molar-refractivity contribution in [3.05, 3.63) is 108 Å².